The Morgan fingerprint density at radius 3 is 2.67 bits per heavy atom. The van der Waals surface area contributed by atoms with E-state index in [0.717, 1.165) is 25.7 Å². The molecule has 0 radical (unpaired) electrons. The van der Waals surface area contributed by atoms with E-state index >= 15 is 0 Å². The van der Waals surface area contributed by atoms with E-state index in [1.165, 1.54) is 5.56 Å². The number of carbonyl (C=O) groups is 1. The molecule has 1 atom stereocenters. The minimum absolute atomic E-state index is 0.267. The molecule has 0 saturated carbocycles. The first-order valence-corrected chi connectivity index (χ1v) is 6.70. The van der Waals surface area contributed by atoms with Gasteiger partial charge in [0.2, 0.25) is 0 Å². The Morgan fingerprint density at radius 2 is 2.00 bits per heavy atom. The van der Waals surface area contributed by atoms with E-state index < -0.39 is 6.04 Å². The molecular formula is C15H23NO2. The molecular weight excluding hydrogens is 226 g/mol. The SMILES string of the molecule is CCCCOC(=O)C(N)CCCc1ccccc1. The zero-order chi connectivity index (χ0) is 13.2. The van der Waals surface area contributed by atoms with Crippen molar-refractivity contribution >= 4 is 5.97 Å². The Hall–Kier alpha value is -1.35. The lowest BCUT2D eigenvalue weighted by Crippen LogP contribution is -2.32. The van der Waals surface area contributed by atoms with Gasteiger partial charge in [-0.15, -0.1) is 0 Å². The van der Waals surface area contributed by atoms with Gasteiger partial charge in [-0.2, -0.15) is 0 Å². The lowest BCUT2D eigenvalue weighted by Gasteiger charge is -2.11. The smallest absolute Gasteiger partial charge is 0.322 e. The summed E-state index contributed by atoms with van der Waals surface area (Å²) >= 11 is 0. The average molecular weight is 249 g/mol. The molecule has 0 aliphatic heterocycles. The molecule has 0 bridgehead atoms. The predicted molar refractivity (Wildman–Crippen MR) is 73.2 cm³/mol. The Morgan fingerprint density at radius 1 is 1.28 bits per heavy atom. The van der Waals surface area contributed by atoms with Gasteiger partial charge in [0.1, 0.15) is 6.04 Å². The molecule has 0 amide bonds. The van der Waals surface area contributed by atoms with Crippen LogP contribution in [0.2, 0.25) is 0 Å². The molecule has 0 fully saturated rings. The molecule has 18 heavy (non-hydrogen) atoms. The number of benzene rings is 1. The third-order valence-electron chi connectivity index (χ3n) is 2.87. The van der Waals surface area contributed by atoms with Crippen molar-refractivity contribution in [2.24, 2.45) is 5.73 Å². The molecule has 1 rings (SSSR count). The highest BCUT2D eigenvalue weighted by Crippen LogP contribution is 2.06. The summed E-state index contributed by atoms with van der Waals surface area (Å²) in [6.07, 6.45) is 4.48. The Kier molecular flexibility index (Phi) is 7.11. The van der Waals surface area contributed by atoms with Crippen molar-refractivity contribution in [1.29, 1.82) is 0 Å². The van der Waals surface area contributed by atoms with Crippen LogP contribution in [0.1, 0.15) is 38.2 Å². The summed E-state index contributed by atoms with van der Waals surface area (Å²) in [5, 5.41) is 0. The summed E-state index contributed by atoms with van der Waals surface area (Å²) in [6, 6.07) is 9.74. The van der Waals surface area contributed by atoms with Gasteiger partial charge in [0.15, 0.2) is 0 Å². The second-order valence-corrected chi connectivity index (χ2v) is 4.51. The molecule has 0 aliphatic carbocycles. The number of hydrogen-bond donors (Lipinski definition) is 1. The molecule has 1 aromatic rings. The van der Waals surface area contributed by atoms with E-state index in [1.807, 2.05) is 18.2 Å². The van der Waals surface area contributed by atoms with E-state index in [2.05, 4.69) is 19.1 Å². The standard InChI is InChI=1S/C15H23NO2/c1-2-3-12-18-15(17)14(16)11-7-10-13-8-5-4-6-9-13/h4-6,8-9,14H,2-3,7,10-12,16H2,1H3. The van der Waals surface area contributed by atoms with E-state index in [1.54, 1.807) is 0 Å². The van der Waals surface area contributed by atoms with E-state index in [4.69, 9.17) is 10.5 Å². The normalized spacial score (nSPS) is 12.1. The summed E-state index contributed by atoms with van der Waals surface area (Å²) < 4.78 is 5.08. The lowest BCUT2D eigenvalue weighted by molar-refractivity contribution is -0.145. The van der Waals surface area contributed by atoms with Gasteiger partial charge in [-0.1, -0.05) is 43.7 Å². The number of carbonyl (C=O) groups excluding carboxylic acids is 1. The van der Waals surface area contributed by atoms with Gasteiger partial charge >= 0.3 is 5.97 Å². The quantitative estimate of drug-likeness (QED) is 0.569. The van der Waals surface area contributed by atoms with Crippen LogP contribution in [0.4, 0.5) is 0 Å². The predicted octanol–water partition coefficient (Wildman–Crippen LogP) is 2.68. The van der Waals surface area contributed by atoms with Crippen molar-refractivity contribution < 1.29 is 9.53 Å². The average Bonchev–Trinajstić information content (AvgIpc) is 2.40. The molecule has 0 aliphatic rings. The number of hydrogen-bond acceptors (Lipinski definition) is 3. The molecule has 0 spiro atoms. The zero-order valence-corrected chi connectivity index (χ0v) is 11.1. The highest BCUT2D eigenvalue weighted by atomic mass is 16.5. The first-order valence-electron chi connectivity index (χ1n) is 6.70. The van der Waals surface area contributed by atoms with Crippen LogP contribution in [0, 0.1) is 0 Å². The van der Waals surface area contributed by atoms with Crippen molar-refractivity contribution in [2.75, 3.05) is 6.61 Å². The maximum absolute atomic E-state index is 11.5. The van der Waals surface area contributed by atoms with E-state index in [9.17, 15) is 4.79 Å². The van der Waals surface area contributed by atoms with Crippen LogP contribution >= 0.6 is 0 Å². The second kappa shape index (κ2) is 8.70. The topological polar surface area (TPSA) is 52.3 Å². The van der Waals surface area contributed by atoms with Gasteiger partial charge in [-0.3, -0.25) is 4.79 Å². The number of ether oxygens (including phenoxy) is 1. The van der Waals surface area contributed by atoms with Gasteiger partial charge in [0.25, 0.3) is 0 Å². The number of nitrogens with two attached hydrogens (primary N) is 1. The summed E-state index contributed by atoms with van der Waals surface area (Å²) in [5.41, 5.74) is 7.07. The molecule has 0 heterocycles. The van der Waals surface area contributed by atoms with Crippen LogP contribution < -0.4 is 5.73 Å². The number of aryl methyl sites for hydroxylation is 1. The number of unbranched alkanes of at least 4 members (excludes halogenated alkanes) is 1. The summed E-state index contributed by atoms with van der Waals surface area (Å²) in [7, 11) is 0. The Bertz CT molecular complexity index is 338. The molecule has 0 aromatic heterocycles. The minimum atomic E-state index is -0.481. The van der Waals surface area contributed by atoms with Crippen LogP contribution in [0.25, 0.3) is 0 Å². The highest BCUT2D eigenvalue weighted by molar-refractivity contribution is 5.75. The second-order valence-electron chi connectivity index (χ2n) is 4.51. The fourth-order valence-corrected chi connectivity index (χ4v) is 1.71. The van der Waals surface area contributed by atoms with Crippen LogP contribution in [0.3, 0.4) is 0 Å². The molecule has 2 N–H and O–H groups in total. The van der Waals surface area contributed by atoms with Crippen molar-refractivity contribution in [3.63, 3.8) is 0 Å². The Balaban J connectivity index is 2.16. The maximum atomic E-state index is 11.5. The first kappa shape index (κ1) is 14.7. The van der Waals surface area contributed by atoms with Gasteiger partial charge in [-0.05, 0) is 31.2 Å². The van der Waals surface area contributed by atoms with Crippen molar-refractivity contribution in [2.45, 2.75) is 45.1 Å². The fourth-order valence-electron chi connectivity index (χ4n) is 1.71. The zero-order valence-electron chi connectivity index (χ0n) is 11.1. The first-order chi connectivity index (χ1) is 8.74. The third-order valence-corrected chi connectivity index (χ3v) is 2.87. The van der Waals surface area contributed by atoms with Crippen LogP contribution in [-0.4, -0.2) is 18.6 Å². The van der Waals surface area contributed by atoms with Gasteiger partial charge in [0, 0.05) is 0 Å². The van der Waals surface area contributed by atoms with Crippen molar-refractivity contribution in [3.05, 3.63) is 35.9 Å². The third kappa shape index (κ3) is 5.82. The monoisotopic (exact) mass is 249 g/mol. The van der Waals surface area contributed by atoms with Crippen LogP contribution in [-0.2, 0) is 16.0 Å². The molecule has 0 saturated heterocycles. The number of rotatable bonds is 8. The van der Waals surface area contributed by atoms with E-state index in [0.29, 0.717) is 13.0 Å². The maximum Gasteiger partial charge on any atom is 0.322 e. The van der Waals surface area contributed by atoms with Crippen molar-refractivity contribution in [1.82, 2.24) is 0 Å². The largest absolute Gasteiger partial charge is 0.465 e. The molecule has 3 nitrogen and oxygen atoms in total. The van der Waals surface area contributed by atoms with E-state index in [-0.39, 0.29) is 5.97 Å². The molecule has 3 heteroatoms. The molecule has 1 unspecified atom stereocenters. The summed E-state index contributed by atoms with van der Waals surface area (Å²) in [6.45, 7) is 2.55. The van der Waals surface area contributed by atoms with Crippen LogP contribution in [0.5, 0.6) is 0 Å². The summed E-state index contributed by atoms with van der Waals surface area (Å²) in [4.78, 5) is 11.5. The summed E-state index contributed by atoms with van der Waals surface area (Å²) in [5.74, 6) is -0.267. The fraction of sp³-hybridized carbons (Fsp3) is 0.533. The van der Waals surface area contributed by atoms with Gasteiger partial charge in [0.05, 0.1) is 6.61 Å². The highest BCUT2D eigenvalue weighted by Gasteiger charge is 2.14. The minimum Gasteiger partial charge on any atom is -0.465 e. The Labute approximate surface area is 109 Å². The van der Waals surface area contributed by atoms with Crippen molar-refractivity contribution in [3.8, 4) is 0 Å². The van der Waals surface area contributed by atoms with Crippen LogP contribution in [0.15, 0.2) is 30.3 Å². The van der Waals surface area contributed by atoms with Gasteiger partial charge < -0.3 is 10.5 Å². The molecule has 1 aromatic carbocycles. The lowest BCUT2D eigenvalue weighted by atomic mass is 10.1. The number of esters is 1. The van der Waals surface area contributed by atoms with Gasteiger partial charge in [-0.25, -0.2) is 0 Å². The molecule has 100 valence electrons.